The van der Waals surface area contributed by atoms with Gasteiger partial charge < -0.3 is 15.0 Å². The highest BCUT2D eigenvalue weighted by molar-refractivity contribution is 8.00. The summed E-state index contributed by atoms with van der Waals surface area (Å²) in [5, 5.41) is 11.9. The zero-order valence-electron chi connectivity index (χ0n) is 17.6. The molecule has 0 aliphatic heterocycles. The van der Waals surface area contributed by atoms with Crippen LogP contribution in [0, 0.1) is 0 Å². The number of carbonyl (C=O) groups is 1. The van der Waals surface area contributed by atoms with Crippen molar-refractivity contribution in [1.82, 2.24) is 19.7 Å². The molecule has 8 nitrogen and oxygen atoms in total. The Morgan fingerprint density at radius 1 is 1.17 bits per heavy atom. The molecule has 2 heterocycles. The average Bonchev–Trinajstić information content (AvgIpc) is 3.15. The molecule has 158 valence electrons. The van der Waals surface area contributed by atoms with Crippen molar-refractivity contribution in [2.24, 2.45) is 0 Å². The number of ether oxygens (including phenoxy) is 1. The Labute approximate surface area is 180 Å². The summed E-state index contributed by atoms with van der Waals surface area (Å²) < 4.78 is 7.21. The van der Waals surface area contributed by atoms with Crippen molar-refractivity contribution >= 4 is 29.0 Å². The number of benzene rings is 1. The van der Waals surface area contributed by atoms with Crippen LogP contribution in [-0.2, 0) is 16.1 Å². The van der Waals surface area contributed by atoms with E-state index in [9.17, 15) is 4.79 Å². The molecule has 1 N–H and O–H groups in total. The van der Waals surface area contributed by atoms with Crippen molar-refractivity contribution in [3.05, 3.63) is 48.8 Å². The highest BCUT2D eigenvalue weighted by Gasteiger charge is 2.21. The number of hydrogen-bond acceptors (Lipinski definition) is 7. The number of anilines is 2. The van der Waals surface area contributed by atoms with Crippen molar-refractivity contribution in [3.8, 4) is 11.4 Å². The first-order valence-electron chi connectivity index (χ1n) is 9.57. The maximum absolute atomic E-state index is 12.7. The van der Waals surface area contributed by atoms with Gasteiger partial charge in [0.2, 0.25) is 5.91 Å². The van der Waals surface area contributed by atoms with Crippen molar-refractivity contribution in [2.75, 3.05) is 38.0 Å². The van der Waals surface area contributed by atoms with Crippen molar-refractivity contribution in [1.29, 1.82) is 0 Å². The van der Waals surface area contributed by atoms with Crippen LogP contribution in [-0.4, -0.2) is 58.7 Å². The zero-order valence-corrected chi connectivity index (χ0v) is 18.4. The van der Waals surface area contributed by atoms with Gasteiger partial charge in [0.15, 0.2) is 11.0 Å². The smallest absolute Gasteiger partial charge is 0.237 e. The molecule has 1 atom stereocenters. The van der Waals surface area contributed by atoms with Gasteiger partial charge in [-0.15, -0.1) is 10.2 Å². The average molecular weight is 427 g/mol. The molecule has 0 radical (unpaired) electrons. The van der Waals surface area contributed by atoms with Gasteiger partial charge in [0, 0.05) is 50.5 Å². The Kier molecular flexibility index (Phi) is 7.42. The molecule has 1 amide bonds. The van der Waals surface area contributed by atoms with Crippen molar-refractivity contribution in [2.45, 2.75) is 23.9 Å². The third kappa shape index (κ3) is 5.37. The minimum Gasteiger partial charge on any atom is -0.383 e. The van der Waals surface area contributed by atoms with E-state index in [1.807, 2.05) is 66.9 Å². The number of rotatable bonds is 9. The number of amides is 1. The molecule has 30 heavy (non-hydrogen) atoms. The second kappa shape index (κ2) is 10.2. The molecular weight excluding hydrogens is 400 g/mol. The SMILES string of the molecule is COCCn1c(SC(C)C(=O)Nc2ccc(N(C)C)cc2)nnc1-c1ccncc1. The lowest BCUT2D eigenvalue weighted by atomic mass is 10.2. The van der Waals surface area contributed by atoms with Crippen LogP contribution >= 0.6 is 11.8 Å². The molecule has 0 bridgehead atoms. The van der Waals surface area contributed by atoms with E-state index in [2.05, 4.69) is 20.5 Å². The summed E-state index contributed by atoms with van der Waals surface area (Å²) in [6, 6.07) is 11.5. The summed E-state index contributed by atoms with van der Waals surface area (Å²) in [4.78, 5) is 18.8. The highest BCUT2D eigenvalue weighted by atomic mass is 32.2. The maximum Gasteiger partial charge on any atom is 0.237 e. The van der Waals surface area contributed by atoms with Crippen LogP contribution in [0.15, 0.2) is 53.9 Å². The monoisotopic (exact) mass is 426 g/mol. The van der Waals surface area contributed by atoms with Gasteiger partial charge in [-0.1, -0.05) is 11.8 Å². The van der Waals surface area contributed by atoms with E-state index in [-0.39, 0.29) is 11.2 Å². The van der Waals surface area contributed by atoms with Crippen LogP contribution in [0.5, 0.6) is 0 Å². The summed E-state index contributed by atoms with van der Waals surface area (Å²) >= 11 is 1.37. The van der Waals surface area contributed by atoms with Gasteiger partial charge in [0.1, 0.15) is 0 Å². The Hall–Kier alpha value is -2.91. The minimum absolute atomic E-state index is 0.0932. The quantitative estimate of drug-likeness (QED) is 0.526. The summed E-state index contributed by atoms with van der Waals surface area (Å²) in [6.07, 6.45) is 3.43. The van der Waals surface area contributed by atoms with Gasteiger partial charge >= 0.3 is 0 Å². The van der Waals surface area contributed by atoms with Gasteiger partial charge in [-0.25, -0.2) is 0 Å². The molecule has 2 aromatic heterocycles. The van der Waals surface area contributed by atoms with E-state index >= 15 is 0 Å². The first kappa shape index (κ1) is 21.8. The number of methoxy groups -OCH3 is 1. The van der Waals surface area contributed by atoms with Crippen molar-refractivity contribution in [3.63, 3.8) is 0 Å². The summed E-state index contributed by atoms with van der Waals surface area (Å²) in [5.74, 6) is 0.633. The molecular formula is C21H26N6O2S. The second-order valence-corrected chi connectivity index (χ2v) is 8.19. The van der Waals surface area contributed by atoms with Gasteiger partial charge in [-0.3, -0.25) is 14.3 Å². The molecule has 0 aliphatic carbocycles. The number of pyridine rings is 1. The van der Waals surface area contributed by atoms with Crippen LogP contribution in [0.25, 0.3) is 11.4 Å². The van der Waals surface area contributed by atoms with E-state index in [1.165, 1.54) is 11.8 Å². The minimum atomic E-state index is -0.352. The predicted molar refractivity (Wildman–Crippen MR) is 120 cm³/mol. The standard InChI is InChI=1S/C21H26N6O2S/c1-15(20(28)23-17-5-7-18(8-6-17)26(2)3)30-21-25-24-19(27(21)13-14-29-4)16-9-11-22-12-10-16/h5-12,15H,13-14H2,1-4H3,(H,23,28). The molecule has 3 rings (SSSR count). The van der Waals surface area contributed by atoms with Crippen LogP contribution < -0.4 is 10.2 Å². The van der Waals surface area contributed by atoms with E-state index in [0.717, 1.165) is 22.8 Å². The zero-order chi connectivity index (χ0) is 21.5. The Balaban J connectivity index is 1.72. The molecule has 0 saturated heterocycles. The fourth-order valence-electron chi connectivity index (χ4n) is 2.77. The maximum atomic E-state index is 12.7. The van der Waals surface area contributed by atoms with Gasteiger partial charge in [0.25, 0.3) is 0 Å². The lowest BCUT2D eigenvalue weighted by Gasteiger charge is -2.15. The number of thioether (sulfide) groups is 1. The summed E-state index contributed by atoms with van der Waals surface area (Å²) in [5.41, 5.74) is 2.75. The van der Waals surface area contributed by atoms with Crippen LogP contribution in [0.1, 0.15) is 6.92 Å². The largest absolute Gasteiger partial charge is 0.383 e. The van der Waals surface area contributed by atoms with Gasteiger partial charge in [0.05, 0.1) is 18.4 Å². The molecule has 1 aromatic carbocycles. The normalized spacial score (nSPS) is 11.9. The first-order valence-corrected chi connectivity index (χ1v) is 10.4. The van der Waals surface area contributed by atoms with Crippen LogP contribution in [0.3, 0.4) is 0 Å². The fraction of sp³-hybridized carbons (Fsp3) is 0.333. The summed E-state index contributed by atoms with van der Waals surface area (Å²) in [7, 11) is 5.61. The Morgan fingerprint density at radius 3 is 2.50 bits per heavy atom. The van der Waals surface area contributed by atoms with E-state index in [4.69, 9.17) is 4.74 Å². The Bertz CT molecular complexity index is 959. The third-order valence-corrected chi connectivity index (χ3v) is 5.56. The molecule has 9 heteroatoms. The lowest BCUT2D eigenvalue weighted by Crippen LogP contribution is -2.23. The first-order chi connectivity index (χ1) is 14.5. The van der Waals surface area contributed by atoms with Gasteiger partial charge in [-0.05, 0) is 43.3 Å². The fourth-order valence-corrected chi connectivity index (χ4v) is 3.65. The number of nitrogens with zero attached hydrogens (tertiary/aromatic N) is 5. The Morgan fingerprint density at radius 2 is 1.87 bits per heavy atom. The second-order valence-electron chi connectivity index (χ2n) is 6.88. The van der Waals surface area contributed by atoms with Crippen LogP contribution in [0.4, 0.5) is 11.4 Å². The molecule has 0 fully saturated rings. The molecule has 0 saturated carbocycles. The number of carbonyl (C=O) groups excluding carboxylic acids is 1. The number of nitrogens with one attached hydrogen (secondary N) is 1. The molecule has 0 aliphatic rings. The number of aromatic nitrogens is 4. The van der Waals surface area contributed by atoms with E-state index < -0.39 is 0 Å². The van der Waals surface area contributed by atoms with E-state index in [0.29, 0.717) is 18.3 Å². The molecule has 1 unspecified atom stereocenters. The lowest BCUT2D eigenvalue weighted by molar-refractivity contribution is -0.115. The topological polar surface area (TPSA) is 85.2 Å². The van der Waals surface area contributed by atoms with E-state index in [1.54, 1.807) is 19.5 Å². The van der Waals surface area contributed by atoms with Crippen LogP contribution in [0.2, 0.25) is 0 Å². The third-order valence-electron chi connectivity index (χ3n) is 4.48. The highest BCUT2D eigenvalue weighted by Crippen LogP contribution is 2.27. The van der Waals surface area contributed by atoms with Gasteiger partial charge in [-0.2, -0.15) is 0 Å². The molecule has 3 aromatic rings. The number of hydrogen-bond donors (Lipinski definition) is 1. The summed E-state index contributed by atoms with van der Waals surface area (Å²) in [6.45, 7) is 2.96. The van der Waals surface area contributed by atoms with Crippen molar-refractivity contribution < 1.29 is 9.53 Å². The molecule has 0 spiro atoms. The predicted octanol–water partition coefficient (Wildman–Crippen LogP) is 3.17.